The van der Waals surface area contributed by atoms with Crippen LogP contribution in [0.15, 0.2) is 23.4 Å². The highest BCUT2D eigenvalue weighted by Crippen LogP contribution is 2.27. The third-order valence-electron chi connectivity index (χ3n) is 4.19. The minimum atomic E-state index is 0.0816. The number of nitrogens with two attached hydrogens (primary N) is 1. The molecule has 0 aliphatic carbocycles. The molecular formula is C15H22ClN3O. The molecule has 2 rings (SSSR count). The van der Waals surface area contributed by atoms with Crippen LogP contribution in [0.2, 0.25) is 5.02 Å². The molecule has 1 aromatic carbocycles. The van der Waals surface area contributed by atoms with Gasteiger partial charge in [-0.3, -0.25) is 4.90 Å². The van der Waals surface area contributed by atoms with Gasteiger partial charge < -0.3 is 10.9 Å². The van der Waals surface area contributed by atoms with Gasteiger partial charge >= 0.3 is 0 Å². The third-order valence-corrected chi connectivity index (χ3v) is 4.54. The fourth-order valence-electron chi connectivity index (χ4n) is 2.88. The summed E-state index contributed by atoms with van der Waals surface area (Å²) in [6, 6.07) is 6.72. The molecule has 2 atom stereocenters. The number of likely N-dealkylation sites (tertiary alicyclic amines) is 1. The zero-order valence-corrected chi connectivity index (χ0v) is 12.8. The molecule has 4 nitrogen and oxygen atoms in total. The third kappa shape index (κ3) is 3.25. The fourth-order valence-corrected chi connectivity index (χ4v) is 3.12. The van der Waals surface area contributed by atoms with Gasteiger partial charge in [0.15, 0.2) is 5.84 Å². The molecule has 0 saturated carbocycles. The van der Waals surface area contributed by atoms with Gasteiger partial charge in [0.2, 0.25) is 0 Å². The van der Waals surface area contributed by atoms with E-state index in [1.165, 1.54) is 19.3 Å². The van der Waals surface area contributed by atoms with Gasteiger partial charge in [0.05, 0.1) is 0 Å². The summed E-state index contributed by atoms with van der Waals surface area (Å²) in [6.07, 6.45) is 3.78. The van der Waals surface area contributed by atoms with Crippen LogP contribution >= 0.6 is 11.6 Å². The highest BCUT2D eigenvalue weighted by Gasteiger charge is 2.25. The van der Waals surface area contributed by atoms with Crippen molar-refractivity contribution in [3.63, 3.8) is 0 Å². The van der Waals surface area contributed by atoms with Crippen molar-refractivity contribution in [2.24, 2.45) is 10.9 Å². The molecular weight excluding hydrogens is 274 g/mol. The normalized spacial score (nSPS) is 24.9. The molecule has 0 bridgehead atoms. The highest BCUT2D eigenvalue weighted by atomic mass is 35.5. The molecule has 0 spiro atoms. The molecule has 1 aliphatic heterocycles. The summed E-state index contributed by atoms with van der Waals surface area (Å²) < 4.78 is 0. The van der Waals surface area contributed by atoms with Crippen molar-refractivity contribution < 1.29 is 5.21 Å². The largest absolute Gasteiger partial charge is 0.409 e. The molecule has 5 heteroatoms. The van der Waals surface area contributed by atoms with Crippen LogP contribution in [-0.4, -0.2) is 28.0 Å². The van der Waals surface area contributed by atoms with E-state index in [9.17, 15) is 0 Å². The van der Waals surface area contributed by atoms with Crippen LogP contribution in [0.4, 0.5) is 0 Å². The smallest absolute Gasteiger partial charge is 0.170 e. The van der Waals surface area contributed by atoms with Crippen molar-refractivity contribution in [2.75, 3.05) is 0 Å². The summed E-state index contributed by atoms with van der Waals surface area (Å²) in [4.78, 5) is 2.49. The highest BCUT2D eigenvalue weighted by molar-refractivity contribution is 6.31. The Hall–Kier alpha value is -1.26. The second-order valence-corrected chi connectivity index (χ2v) is 6.00. The van der Waals surface area contributed by atoms with Crippen LogP contribution in [0, 0.1) is 0 Å². The minimum absolute atomic E-state index is 0.0816. The number of hydrogen-bond acceptors (Lipinski definition) is 3. The first-order chi connectivity index (χ1) is 9.52. The van der Waals surface area contributed by atoms with Crippen molar-refractivity contribution in [3.8, 4) is 0 Å². The van der Waals surface area contributed by atoms with E-state index in [-0.39, 0.29) is 5.84 Å². The van der Waals surface area contributed by atoms with Gasteiger partial charge in [0.1, 0.15) is 0 Å². The van der Waals surface area contributed by atoms with Gasteiger partial charge in [-0.25, -0.2) is 0 Å². The van der Waals surface area contributed by atoms with Gasteiger partial charge in [0, 0.05) is 29.2 Å². The number of halogens is 1. The minimum Gasteiger partial charge on any atom is -0.409 e. The van der Waals surface area contributed by atoms with E-state index in [4.69, 9.17) is 22.5 Å². The summed E-state index contributed by atoms with van der Waals surface area (Å²) in [7, 11) is 0. The molecule has 1 heterocycles. The number of hydrogen-bond donors (Lipinski definition) is 2. The van der Waals surface area contributed by atoms with E-state index in [2.05, 4.69) is 23.9 Å². The van der Waals surface area contributed by atoms with Crippen LogP contribution in [0.5, 0.6) is 0 Å². The zero-order chi connectivity index (χ0) is 14.7. The summed E-state index contributed by atoms with van der Waals surface area (Å²) in [5.74, 6) is 0.0816. The molecule has 20 heavy (non-hydrogen) atoms. The van der Waals surface area contributed by atoms with E-state index in [1.54, 1.807) is 6.07 Å². The number of piperidine rings is 1. The number of amidine groups is 1. The summed E-state index contributed by atoms with van der Waals surface area (Å²) >= 11 is 6.33. The SMILES string of the molecule is CC1CCCC(C)N1Cc1ccc(/C(N)=N/O)cc1Cl. The summed E-state index contributed by atoms with van der Waals surface area (Å²) in [5.41, 5.74) is 7.30. The number of oxime groups is 1. The van der Waals surface area contributed by atoms with E-state index in [0.717, 1.165) is 12.1 Å². The first-order valence-electron chi connectivity index (χ1n) is 7.05. The quantitative estimate of drug-likeness (QED) is 0.390. The maximum Gasteiger partial charge on any atom is 0.170 e. The number of rotatable bonds is 3. The second-order valence-electron chi connectivity index (χ2n) is 5.59. The molecule has 0 amide bonds. The summed E-state index contributed by atoms with van der Waals surface area (Å²) in [6.45, 7) is 5.39. The first-order valence-corrected chi connectivity index (χ1v) is 7.42. The molecule has 0 radical (unpaired) electrons. The predicted molar refractivity (Wildman–Crippen MR) is 82.3 cm³/mol. The Balaban J connectivity index is 2.17. The van der Waals surface area contributed by atoms with Crippen LogP contribution in [0.25, 0.3) is 0 Å². The van der Waals surface area contributed by atoms with Crippen LogP contribution in [-0.2, 0) is 6.54 Å². The Morgan fingerprint density at radius 2 is 2.05 bits per heavy atom. The van der Waals surface area contributed by atoms with Gasteiger partial charge in [-0.2, -0.15) is 0 Å². The Morgan fingerprint density at radius 1 is 1.40 bits per heavy atom. The van der Waals surface area contributed by atoms with Gasteiger partial charge in [-0.05, 0) is 38.3 Å². The lowest BCUT2D eigenvalue weighted by molar-refractivity contribution is 0.0953. The standard InChI is InChI=1S/C15H22ClN3O/c1-10-4-3-5-11(2)19(10)9-13-7-6-12(8-14(13)16)15(17)18-20/h6-8,10-11,20H,3-5,9H2,1-2H3,(H2,17,18). The van der Waals surface area contributed by atoms with Crippen molar-refractivity contribution in [1.29, 1.82) is 0 Å². The lowest BCUT2D eigenvalue weighted by Crippen LogP contribution is -2.43. The monoisotopic (exact) mass is 295 g/mol. The molecule has 3 N–H and O–H groups in total. The Labute approximate surface area is 125 Å². The van der Waals surface area contributed by atoms with Gasteiger partial charge in [-0.15, -0.1) is 0 Å². The van der Waals surface area contributed by atoms with Crippen LogP contribution < -0.4 is 5.73 Å². The Morgan fingerprint density at radius 3 is 2.60 bits per heavy atom. The zero-order valence-electron chi connectivity index (χ0n) is 12.0. The number of benzene rings is 1. The maximum atomic E-state index is 8.69. The molecule has 1 fully saturated rings. The Kier molecular flexibility index (Phi) is 4.89. The average molecular weight is 296 g/mol. The van der Waals surface area contributed by atoms with Crippen molar-refractivity contribution in [2.45, 2.75) is 51.7 Å². The second kappa shape index (κ2) is 6.46. The van der Waals surface area contributed by atoms with E-state index >= 15 is 0 Å². The molecule has 110 valence electrons. The van der Waals surface area contributed by atoms with Crippen LogP contribution in [0.1, 0.15) is 44.2 Å². The van der Waals surface area contributed by atoms with Gasteiger partial charge in [0.25, 0.3) is 0 Å². The fraction of sp³-hybridized carbons (Fsp3) is 0.533. The van der Waals surface area contributed by atoms with Crippen molar-refractivity contribution in [3.05, 3.63) is 34.3 Å². The molecule has 1 aliphatic rings. The lowest BCUT2D eigenvalue weighted by Gasteiger charge is -2.39. The first kappa shape index (κ1) is 15.1. The molecule has 1 aromatic rings. The molecule has 1 saturated heterocycles. The van der Waals surface area contributed by atoms with Gasteiger partial charge in [-0.1, -0.05) is 35.3 Å². The van der Waals surface area contributed by atoms with E-state index < -0.39 is 0 Å². The maximum absolute atomic E-state index is 8.69. The Bertz CT molecular complexity index is 494. The predicted octanol–water partition coefficient (Wildman–Crippen LogP) is 3.20. The molecule has 0 aromatic heterocycles. The molecule has 2 unspecified atom stereocenters. The topological polar surface area (TPSA) is 61.8 Å². The van der Waals surface area contributed by atoms with Crippen molar-refractivity contribution >= 4 is 17.4 Å². The average Bonchev–Trinajstić information content (AvgIpc) is 2.43. The van der Waals surface area contributed by atoms with E-state index in [0.29, 0.717) is 22.7 Å². The number of nitrogens with zero attached hydrogens (tertiary/aromatic N) is 2. The summed E-state index contributed by atoms with van der Waals surface area (Å²) in [5, 5.41) is 12.4. The van der Waals surface area contributed by atoms with E-state index in [1.807, 2.05) is 12.1 Å². The van der Waals surface area contributed by atoms with Crippen molar-refractivity contribution in [1.82, 2.24) is 4.90 Å². The van der Waals surface area contributed by atoms with Crippen LogP contribution in [0.3, 0.4) is 0 Å². The lowest BCUT2D eigenvalue weighted by atomic mass is 9.96.